The van der Waals surface area contributed by atoms with Crippen LogP contribution < -0.4 is 0 Å². The molecule has 2 aromatic rings. The molecule has 0 saturated carbocycles. The van der Waals surface area contributed by atoms with Gasteiger partial charge >= 0.3 is 18.0 Å². The number of ether oxygens (including phenoxy) is 1. The van der Waals surface area contributed by atoms with Crippen LogP contribution >= 0.6 is 0 Å². The standard InChI is InChI=1S/C24H22N2O7/c27-20(28)13-18(23(30)31)25-17(12-11-15-7-3-1-4-8-15)21(22(25)29)26-19(14-33-24(26)32)16-9-5-2-6-10-16/h1-12,17-19,21H,13-14H2,(H,27,28)(H,30,31)/t17?,18?,19-,21?/m1/s1. The minimum Gasteiger partial charge on any atom is -0.481 e. The highest BCUT2D eigenvalue weighted by atomic mass is 16.6. The van der Waals surface area contributed by atoms with Crippen molar-refractivity contribution in [1.29, 1.82) is 0 Å². The Bertz CT molecular complexity index is 1090. The number of amides is 2. The van der Waals surface area contributed by atoms with Crippen LogP contribution in [-0.4, -0.2) is 68.7 Å². The molecule has 9 heteroatoms. The van der Waals surface area contributed by atoms with Gasteiger partial charge in [-0.15, -0.1) is 0 Å². The predicted molar refractivity (Wildman–Crippen MR) is 116 cm³/mol. The van der Waals surface area contributed by atoms with E-state index in [0.717, 1.165) is 16.0 Å². The first kappa shape index (κ1) is 22.1. The maximum atomic E-state index is 13.2. The SMILES string of the molecule is O=C(O)CC(C(=O)O)N1C(=O)C(N2C(=O)OC[C@@H]2c2ccccc2)C1C=Cc1ccccc1. The Hall–Kier alpha value is -4.14. The van der Waals surface area contributed by atoms with E-state index in [-0.39, 0.29) is 6.61 Å². The van der Waals surface area contributed by atoms with Crippen LogP contribution in [0.3, 0.4) is 0 Å². The third kappa shape index (κ3) is 4.30. The number of carbonyl (C=O) groups excluding carboxylic acids is 2. The quantitative estimate of drug-likeness (QED) is 0.592. The monoisotopic (exact) mass is 450 g/mol. The predicted octanol–water partition coefficient (Wildman–Crippen LogP) is 2.40. The molecule has 2 aliphatic heterocycles. The Labute approximate surface area is 189 Å². The van der Waals surface area contributed by atoms with E-state index in [0.29, 0.717) is 0 Å². The van der Waals surface area contributed by atoms with Crippen molar-refractivity contribution < 1.29 is 34.1 Å². The van der Waals surface area contributed by atoms with Gasteiger partial charge in [0.15, 0.2) is 0 Å². The first-order chi connectivity index (χ1) is 15.9. The molecule has 2 heterocycles. The maximum Gasteiger partial charge on any atom is 0.411 e. The summed E-state index contributed by atoms with van der Waals surface area (Å²) in [6.07, 6.45) is 1.92. The van der Waals surface area contributed by atoms with Gasteiger partial charge in [0.25, 0.3) is 0 Å². The second-order valence-electron chi connectivity index (χ2n) is 7.81. The lowest BCUT2D eigenvalue weighted by Crippen LogP contribution is -2.73. The summed E-state index contributed by atoms with van der Waals surface area (Å²) in [6.45, 7) is 0.0548. The van der Waals surface area contributed by atoms with Crippen molar-refractivity contribution in [1.82, 2.24) is 9.80 Å². The van der Waals surface area contributed by atoms with Crippen molar-refractivity contribution >= 4 is 30.0 Å². The fraction of sp³-hybridized carbons (Fsp3) is 0.250. The molecule has 2 aliphatic rings. The summed E-state index contributed by atoms with van der Waals surface area (Å²) in [5, 5.41) is 18.8. The van der Waals surface area contributed by atoms with E-state index in [4.69, 9.17) is 4.74 Å². The number of rotatable bonds is 8. The Balaban J connectivity index is 1.70. The van der Waals surface area contributed by atoms with Crippen LogP contribution in [0.5, 0.6) is 0 Å². The van der Waals surface area contributed by atoms with E-state index < -0.39 is 54.5 Å². The van der Waals surface area contributed by atoms with Crippen LogP contribution in [0.25, 0.3) is 6.08 Å². The Morgan fingerprint density at radius 2 is 1.67 bits per heavy atom. The molecule has 9 nitrogen and oxygen atoms in total. The molecular weight excluding hydrogens is 428 g/mol. The largest absolute Gasteiger partial charge is 0.481 e. The number of hydrogen-bond acceptors (Lipinski definition) is 5. The zero-order chi connectivity index (χ0) is 23.5. The van der Waals surface area contributed by atoms with Gasteiger partial charge in [-0.3, -0.25) is 14.5 Å². The molecule has 0 aromatic heterocycles. The van der Waals surface area contributed by atoms with Gasteiger partial charge in [0.05, 0.1) is 18.5 Å². The number of carbonyl (C=O) groups is 4. The van der Waals surface area contributed by atoms with Crippen LogP contribution in [0.15, 0.2) is 66.7 Å². The zero-order valence-electron chi connectivity index (χ0n) is 17.5. The van der Waals surface area contributed by atoms with E-state index in [1.54, 1.807) is 12.2 Å². The smallest absolute Gasteiger partial charge is 0.411 e. The average molecular weight is 450 g/mol. The second kappa shape index (κ2) is 9.15. The number of aliphatic carboxylic acids is 2. The summed E-state index contributed by atoms with van der Waals surface area (Å²) in [7, 11) is 0. The van der Waals surface area contributed by atoms with Crippen molar-refractivity contribution in [2.45, 2.75) is 30.6 Å². The molecule has 0 radical (unpaired) electrons. The molecule has 2 saturated heterocycles. The van der Waals surface area contributed by atoms with Crippen molar-refractivity contribution in [3.63, 3.8) is 0 Å². The topological polar surface area (TPSA) is 124 Å². The minimum atomic E-state index is -1.56. The number of hydrogen-bond donors (Lipinski definition) is 2. The number of cyclic esters (lactones) is 1. The van der Waals surface area contributed by atoms with Gasteiger partial charge in [-0.2, -0.15) is 0 Å². The normalized spacial score (nSPS) is 23.3. The molecule has 0 spiro atoms. The van der Waals surface area contributed by atoms with Crippen LogP contribution in [0.4, 0.5) is 4.79 Å². The van der Waals surface area contributed by atoms with Crippen LogP contribution in [0.2, 0.25) is 0 Å². The van der Waals surface area contributed by atoms with E-state index in [2.05, 4.69) is 0 Å². The Kier molecular flexibility index (Phi) is 6.12. The minimum absolute atomic E-state index is 0.0548. The summed E-state index contributed by atoms with van der Waals surface area (Å²) in [6, 6.07) is 14.3. The molecule has 2 fully saturated rings. The fourth-order valence-electron chi connectivity index (χ4n) is 4.27. The molecule has 2 N–H and O–H groups in total. The van der Waals surface area contributed by atoms with Gasteiger partial charge in [0.2, 0.25) is 5.91 Å². The van der Waals surface area contributed by atoms with Crippen molar-refractivity contribution in [2.75, 3.05) is 6.61 Å². The maximum absolute atomic E-state index is 13.2. The molecule has 0 aliphatic carbocycles. The van der Waals surface area contributed by atoms with Gasteiger partial charge in [0.1, 0.15) is 18.7 Å². The van der Waals surface area contributed by atoms with Gasteiger partial charge in [0, 0.05) is 0 Å². The Morgan fingerprint density at radius 1 is 1.03 bits per heavy atom. The average Bonchev–Trinajstić information content (AvgIpc) is 3.17. The molecule has 2 amide bonds. The van der Waals surface area contributed by atoms with E-state index in [9.17, 15) is 29.4 Å². The number of nitrogens with zero attached hydrogens (tertiary/aromatic N) is 2. The second-order valence-corrected chi connectivity index (χ2v) is 7.81. The Morgan fingerprint density at radius 3 is 2.27 bits per heavy atom. The number of likely N-dealkylation sites (tertiary alicyclic amines) is 1. The third-order valence-corrected chi connectivity index (χ3v) is 5.82. The van der Waals surface area contributed by atoms with Gasteiger partial charge in [-0.05, 0) is 11.1 Å². The van der Waals surface area contributed by atoms with Gasteiger partial charge < -0.3 is 19.8 Å². The highest BCUT2D eigenvalue weighted by molar-refractivity contribution is 5.97. The van der Waals surface area contributed by atoms with E-state index in [1.165, 1.54) is 4.90 Å². The van der Waals surface area contributed by atoms with Gasteiger partial charge in [-0.25, -0.2) is 9.59 Å². The van der Waals surface area contributed by atoms with Crippen LogP contribution in [0.1, 0.15) is 23.6 Å². The van der Waals surface area contributed by atoms with E-state index >= 15 is 0 Å². The van der Waals surface area contributed by atoms with Crippen LogP contribution in [-0.2, 0) is 19.1 Å². The summed E-state index contributed by atoms with van der Waals surface area (Å²) >= 11 is 0. The number of carboxylic acid groups (broad SMARTS) is 2. The molecule has 0 bridgehead atoms. The summed E-state index contributed by atoms with van der Waals surface area (Å²) in [5.41, 5.74) is 1.59. The molecular formula is C24H22N2O7. The molecule has 4 rings (SSSR count). The first-order valence-electron chi connectivity index (χ1n) is 10.4. The summed E-state index contributed by atoms with van der Waals surface area (Å²) in [5.74, 6) is -3.40. The third-order valence-electron chi connectivity index (χ3n) is 5.82. The summed E-state index contributed by atoms with van der Waals surface area (Å²) < 4.78 is 5.24. The number of β-lactam (4-membered cyclic amide) rings is 1. The zero-order valence-corrected chi connectivity index (χ0v) is 17.5. The molecule has 4 atom stereocenters. The molecule has 33 heavy (non-hydrogen) atoms. The summed E-state index contributed by atoms with van der Waals surface area (Å²) in [4.78, 5) is 51.3. The first-order valence-corrected chi connectivity index (χ1v) is 10.4. The van der Waals surface area contributed by atoms with Crippen molar-refractivity contribution in [2.24, 2.45) is 0 Å². The lowest BCUT2D eigenvalue weighted by molar-refractivity contribution is -0.170. The molecule has 2 aromatic carbocycles. The van der Waals surface area contributed by atoms with Gasteiger partial charge in [-0.1, -0.05) is 72.8 Å². The van der Waals surface area contributed by atoms with Crippen molar-refractivity contribution in [3.8, 4) is 0 Å². The highest BCUT2D eigenvalue weighted by Crippen LogP contribution is 2.38. The highest BCUT2D eigenvalue weighted by Gasteiger charge is 2.58. The van der Waals surface area contributed by atoms with Crippen molar-refractivity contribution in [3.05, 3.63) is 77.9 Å². The number of carboxylic acids is 2. The number of benzene rings is 2. The van der Waals surface area contributed by atoms with Crippen LogP contribution in [0, 0.1) is 0 Å². The lowest BCUT2D eigenvalue weighted by atomic mass is 9.87. The molecule has 3 unspecified atom stereocenters. The van der Waals surface area contributed by atoms with E-state index in [1.807, 2.05) is 60.7 Å². The fourth-order valence-corrected chi connectivity index (χ4v) is 4.27. The lowest BCUT2D eigenvalue weighted by Gasteiger charge is -2.51. The molecule has 170 valence electrons.